The summed E-state index contributed by atoms with van der Waals surface area (Å²) < 4.78 is 49.5. The van der Waals surface area contributed by atoms with Crippen molar-refractivity contribution in [2.24, 2.45) is 11.8 Å². The Labute approximate surface area is 261 Å². The second-order valence-corrected chi connectivity index (χ2v) is 10.7. The zero-order valence-electron chi connectivity index (χ0n) is 26.7. The fourth-order valence-corrected chi connectivity index (χ4v) is 4.68. The summed E-state index contributed by atoms with van der Waals surface area (Å²) in [5.41, 5.74) is 0.319. The largest absolute Gasteiger partial charge is 0.468 e. The lowest BCUT2D eigenvalue weighted by atomic mass is 9.86. The van der Waals surface area contributed by atoms with Crippen molar-refractivity contribution < 1.29 is 71.4 Å². The van der Waals surface area contributed by atoms with Gasteiger partial charge in [0, 0.05) is 39.2 Å². The normalized spacial score (nSPS) is 27.0. The Kier molecular flexibility index (Phi) is 14.5. The third-order valence-electron chi connectivity index (χ3n) is 6.66. The average Bonchev–Trinajstić information content (AvgIpc) is 2.94. The van der Waals surface area contributed by atoms with E-state index in [1.54, 1.807) is 13.0 Å². The first kappa shape index (κ1) is 37.2. The third kappa shape index (κ3) is 11.2. The summed E-state index contributed by atoms with van der Waals surface area (Å²) in [6.45, 7) is 9.75. The molecule has 1 saturated heterocycles. The number of hydrogen-bond donors (Lipinski definition) is 0. The van der Waals surface area contributed by atoms with Gasteiger partial charge in [-0.15, -0.1) is 0 Å². The molecular formula is C30H42O15. The Bertz CT molecular complexity index is 1160. The molecule has 15 nitrogen and oxygen atoms in total. The van der Waals surface area contributed by atoms with E-state index in [1.807, 2.05) is 13.8 Å². The lowest BCUT2D eigenvalue weighted by Crippen LogP contribution is -2.63. The van der Waals surface area contributed by atoms with Crippen molar-refractivity contribution in [2.75, 3.05) is 20.3 Å². The van der Waals surface area contributed by atoms with Crippen LogP contribution >= 0.6 is 0 Å². The van der Waals surface area contributed by atoms with Gasteiger partial charge in [0.25, 0.3) is 0 Å². The van der Waals surface area contributed by atoms with Crippen LogP contribution in [0.15, 0.2) is 23.5 Å². The van der Waals surface area contributed by atoms with E-state index in [2.05, 4.69) is 0 Å². The van der Waals surface area contributed by atoms with Crippen LogP contribution in [0.4, 0.5) is 0 Å². The van der Waals surface area contributed by atoms with E-state index >= 15 is 0 Å². The van der Waals surface area contributed by atoms with Crippen LogP contribution in [0, 0.1) is 11.8 Å². The van der Waals surface area contributed by atoms with E-state index in [-0.39, 0.29) is 18.6 Å². The van der Waals surface area contributed by atoms with Gasteiger partial charge in [0.2, 0.25) is 12.6 Å². The summed E-state index contributed by atoms with van der Waals surface area (Å²) >= 11 is 0. The van der Waals surface area contributed by atoms with Crippen molar-refractivity contribution in [1.82, 2.24) is 0 Å². The molecule has 2 aliphatic heterocycles. The molecule has 252 valence electrons. The molecular weight excluding hydrogens is 600 g/mol. The van der Waals surface area contributed by atoms with Crippen LogP contribution < -0.4 is 0 Å². The highest BCUT2D eigenvalue weighted by molar-refractivity contribution is 5.90. The van der Waals surface area contributed by atoms with Crippen molar-refractivity contribution in [3.8, 4) is 0 Å². The molecule has 0 bridgehead atoms. The average molecular weight is 643 g/mol. The summed E-state index contributed by atoms with van der Waals surface area (Å²) in [5, 5.41) is 0. The molecule has 0 aromatic rings. The Hall–Kier alpha value is -3.98. The molecule has 0 aromatic carbocycles. The topological polar surface area (TPSA) is 185 Å². The van der Waals surface area contributed by atoms with Crippen molar-refractivity contribution in [2.45, 2.75) is 98.3 Å². The highest BCUT2D eigenvalue weighted by Crippen LogP contribution is 2.37. The van der Waals surface area contributed by atoms with Crippen LogP contribution in [0.1, 0.15) is 61.3 Å². The number of carbonyl (C=O) groups excluding carboxylic acids is 6. The zero-order valence-corrected chi connectivity index (χ0v) is 26.7. The highest BCUT2D eigenvalue weighted by Gasteiger charge is 2.54. The number of methoxy groups -OCH3 is 1. The second-order valence-electron chi connectivity index (χ2n) is 10.7. The van der Waals surface area contributed by atoms with Crippen molar-refractivity contribution in [1.29, 1.82) is 0 Å². The molecule has 0 saturated carbocycles. The van der Waals surface area contributed by atoms with Gasteiger partial charge in [0.05, 0.1) is 32.0 Å². The summed E-state index contributed by atoms with van der Waals surface area (Å²) in [6, 6.07) is 0. The van der Waals surface area contributed by atoms with Gasteiger partial charge in [-0.25, -0.2) is 4.79 Å². The molecule has 0 spiro atoms. The van der Waals surface area contributed by atoms with E-state index < -0.39 is 85.3 Å². The number of rotatable bonds is 13. The predicted octanol–water partition coefficient (Wildman–Crippen LogP) is 2.04. The van der Waals surface area contributed by atoms with Gasteiger partial charge in [-0.05, 0) is 19.3 Å². The molecule has 0 N–H and O–H groups in total. The molecule has 2 rings (SSSR count). The first-order valence-corrected chi connectivity index (χ1v) is 14.4. The molecule has 0 unspecified atom stereocenters. The van der Waals surface area contributed by atoms with E-state index in [0.29, 0.717) is 17.9 Å². The maximum atomic E-state index is 12.8. The smallest absolute Gasteiger partial charge is 0.337 e. The number of carbonyl (C=O) groups is 6. The van der Waals surface area contributed by atoms with Crippen LogP contribution in [-0.2, 0) is 71.4 Å². The molecule has 15 heteroatoms. The van der Waals surface area contributed by atoms with Gasteiger partial charge in [0.15, 0.2) is 18.3 Å². The van der Waals surface area contributed by atoms with Gasteiger partial charge in [0.1, 0.15) is 12.7 Å². The van der Waals surface area contributed by atoms with Crippen molar-refractivity contribution in [3.05, 3.63) is 23.5 Å². The molecule has 0 aromatic heterocycles. The monoisotopic (exact) mass is 642 g/mol. The molecule has 2 heterocycles. The SMILES string of the molecule is C/C=C1/[C@H](O[C@@H]2O[C@H](COC(C)=O)[C@@H](OC(C)=O)[C@H](OC(C)=O)[C@H]2OC(C)=O)OC=C(C(=O)OC)[C@H]1CC(=O)OCCC(C)C. The minimum absolute atomic E-state index is 0.0211. The lowest BCUT2D eigenvalue weighted by Gasteiger charge is -2.45. The minimum atomic E-state index is -1.57. The minimum Gasteiger partial charge on any atom is -0.468 e. The van der Waals surface area contributed by atoms with Crippen LogP contribution in [0.5, 0.6) is 0 Å². The fourth-order valence-electron chi connectivity index (χ4n) is 4.68. The molecule has 7 atom stereocenters. The summed E-state index contributed by atoms with van der Waals surface area (Å²) in [7, 11) is 1.18. The van der Waals surface area contributed by atoms with Gasteiger partial charge in [-0.2, -0.15) is 0 Å². The number of esters is 6. The van der Waals surface area contributed by atoms with Crippen LogP contribution in [0.2, 0.25) is 0 Å². The molecule has 0 amide bonds. The van der Waals surface area contributed by atoms with E-state index in [9.17, 15) is 28.8 Å². The Morgan fingerprint density at radius 3 is 2.00 bits per heavy atom. The zero-order chi connectivity index (χ0) is 33.8. The molecule has 1 fully saturated rings. The Morgan fingerprint density at radius 1 is 0.867 bits per heavy atom. The highest BCUT2D eigenvalue weighted by atomic mass is 16.8. The maximum absolute atomic E-state index is 12.8. The Morgan fingerprint density at radius 2 is 1.47 bits per heavy atom. The Balaban J connectivity index is 2.50. The standard InChI is InChI=1S/C30H42O15/c1-9-20-21(12-24(35)38-11-10-15(2)3)22(28(36)37-8)13-40-29(20)45-30-27(43-19(7)34)26(42-18(6)33)25(41-17(5)32)23(44-30)14-39-16(4)31/h9,13,15,21,23,25-27,29-30H,10-12,14H2,1-8H3/b20-9+/t21-,23+,25+,26-,27+,29-,30-/m0/s1. The van der Waals surface area contributed by atoms with Gasteiger partial charge < -0.3 is 42.6 Å². The number of allylic oxidation sites excluding steroid dienone is 1. The number of hydrogen-bond acceptors (Lipinski definition) is 15. The van der Waals surface area contributed by atoms with Crippen LogP contribution in [0.3, 0.4) is 0 Å². The van der Waals surface area contributed by atoms with Gasteiger partial charge >= 0.3 is 35.8 Å². The van der Waals surface area contributed by atoms with E-state index in [1.165, 1.54) is 7.11 Å². The number of ether oxygens (including phenoxy) is 9. The molecule has 0 aliphatic carbocycles. The molecule has 45 heavy (non-hydrogen) atoms. The van der Waals surface area contributed by atoms with E-state index in [0.717, 1.165) is 34.0 Å². The fraction of sp³-hybridized carbons (Fsp3) is 0.667. The summed E-state index contributed by atoms with van der Waals surface area (Å²) in [6.07, 6.45) is -5.51. The first-order chi connectivity index (χ1) is 21.2. The van der Waals surface area contributed by atoms with E-state index in [4.69, 9.17) is 42.6 Å². The van der Waals surface area contributed by atoms with Crippen LogP contribution in [-0.4, -0.2) is 93.1 Å². The van der Waals surface area contributed by atoms with Gasteiger partial charge in [-0.1, -0.05) is 19.9 Å². The maximum Gasteiger partial charge on any atom is 0.337 e. The van der Waals surface area contributed by atoms with Gasteiger partial charge in [-0.3, -0.25) is 24.0 Å². The summed E-state index contributed by atoms with van der Waals surface area (Å²) in [4.78, 5) is 73.3. The van der Waals surface area contributed by atoms with Crippen molar-refractivity contribution in [3.63, 3.8) is 0 Å². The predicted molar refractivity (Wildman–Crippen MR) is 150 cm³/mol. The van der Waals surface area contributed by atoms with Crippen molar-refractivity contribution >= 4 is 35.8 Å². The van der Waals surface area contributed by atoms with Crippen LogP contribution in [0.25, 0.3) is 0 Å². The second kappa shape index (κ2) is 17.5. The quantitative estimate of drug-likeness (QED) is 0.161. The third-order valence-corrected chi connectivity index (χ3v) is 6.66. The molecule has 0 radical (unpaired) electrons. The molecule has 2 aliphatic rings. The lowest BCUT2D eigenvalue weighted by molar-refractivity contribution is -0.331. The summed E-state index contributed by atoms with van der Waals surface area (Å²) in [5.74, 6) is -5.03. The first-order valence-electron chi connectivity index (χ1n) is 14.4.